The van der Waals surface area contributed by atoms with E-state index < -0.39 is 16.9 Å². The number of nitrogens with two attached hydrogens (primary N) is 1. The molecular weight excluding hydrogens is 462 g/mol. The summed E-state index contributed by atoms with van der Waals surface area (Å²) in [6, 6.07) is 1.72. The van der Waals surface area contributed by atoms with Crippen LogP contribution in [-0.4, -0.2) is 60.5 Å². The summed E-state index contributed by atoms with van der Waals surface area (Å²) in [6.07, 6.45) is 3.32. The average molecular weight is 492 g/mol. The Labute approximate surface area is 201 Å². The van der Waals surface area contributed by atoms with Crippen LogP contribution in [0.1, 0.15) is 35.3 Å². The number of aryl methyl sites for hydroxylation is 1. The highest BCUT2D eigenvalue weighted by atomic mass is 32.2. The van der Waals surface area contributed by atoms with E-state index in [1.807, 2.05) is 18.7 Å². The van der Waals surface area contributed by atoms with Gasteiger partial charge in [0.05, 0.1) is 24.7 Å². The van der Waals surface area contributed by atoms with Crippen molar-refractivity contribution in [2.45, 2.75) is 32.6 Å². The zero-order chi connectivity index (χ0) is 25.1. The Morgan fingerprint density at radius 1 is 1.47 bits per heavy atom. The van der Waals surface area contributed by atoms with Crippen LogP contribution in [-0.2, 0) is 15.3 Å². The number of ether oxygens (including phenoxy) is 1. The van der Waals surface area contributed by atoms with Gasteiger partial charge in [0.25, 0.3) is 0 Å². The number of nitrogens with one attached hydrogen (secondary N) is 2. The molecule has 0 aliphatic carbocycles. The first-order chi connectivity index (χ1) is 16.3. The van der Waals surface area contributed by atoms with Gasteiger partial charge in [-0.3, -0.25) is 14.4 Å². The highest BCUT2D eigenvalue weighted by molar-refractivity contribution is 7.97. The van der Waals surface area contributed by atoms with Crippen molar-refractivity contribution >= 4 is 35.9 Å². The third-order valence-electron chi connectivity index (χ3n) is 5.10. The summed E-state index contributed by atoms with van der Waals surface area (Å²) in [7, 11) is 0. The van der Waals surface area contributed by atoms with Crippen molar-refractivity contribution < 1.29 is 14.3 Å². The molecule has 1 aromatic heterocycles. The molecule has 12 nitrogen and oxygen atoms in total. The van der Waals surface area contributed by atoms with E-state index in [1.165, 1.54) is 6.33 Å². The lowest BCUT2D eigenvalue weighted by Gasteiger charge is -2.39. The lowest BCUT2D eigenvalue weighted by atomic mass is 9.99. The summed E-state index contributed by atoms with van der Waals surface area (Å²) in [4.78, 5) is 56.9. The number of hydrogen-bond acceptors (Lipinski definition) is 9. The Morgan fingerprint density at radius 2 is 2.21 bits per heavy atom. The van der Waals surface area contributed by atoms with Crippen LogP contribution in [0.5, 0.6) is 0 Å². The van der Waals surface area contributed by atoms with Crippen LogP contribution in [0.25, 0.3) is 0 Å². The summed E-state index contributed by atoms with van der Waals surface area (Å²) in [5.74, 6) is -0.713. The van der Waals surface area contributed by atoms with E-state index in [0.29, 0.717) is 37.6 Å². The third kappa shape index (κ3) is 7.35. The molecule has 1 atom stereocenters. The number of aromatic nitrogens is 2. The maximum absolute atomic E-state index is 13.0. The van der Waals surface area contributed by atoms with Crippen molar-refractivity contribution in [1.29, 1.82) is 0 Å². The largest absolute Gasteiger partial charge is 0.389 e. The molecule has 1 aliphatic heterocycles. The van der Waals surface area contributed by atoms with Gasteiger partial charge in [0.2, 0.25) is 5.91 Å². The smallest absolute Gasteiger partial charge is 0.322 e. The highest BCUT2D eigenvalue weighted by Crippen LogP contribution is 2.23. The van der Waals surface area contributed by atoms with Gasteiger partial charge in [-0.25, -0.2) is 9.38 Å². The van der Waals surface area contributed by atoms with E-state index in [4.69, 9.17) is 10.5 Å². The minimum atomic E-state index is -1.21. The molecule has 1 aromatic rings. The summed E-state index contributed by atoms with van der Waals surface area (Å²) >= 11 is 1.02. The van der Waals surface area contributed by atoms with Gasteiger partial charge in [-0.1, -0.05) is 0 Å². The molecule has 184 valence electrons. The molecule has 0 spiro atoms. The van der Waals surface area contributed by atoms with Crippen LogP contribution in [0.3, 0.4) is 0 Å². The van der Waals surface area contributed by atoms with Gasteiger partial charge in [-0.2, -0.15) is 0 Å². The topological polar surface area (TPSA) is 172 Å². The Hall–Kier alpha value is -3.32. The second-order valence-corrected chi connectivity index (χ2v) is 8.28. The lowest BCUT2D eigenvalue weighted by molar-refractivity contribution is -0.126. The number of carbonyl (C=O) groups is 2. The second kappa shape index (κ2) is 13.4. The Kier molecular flexibility index (Phi) is 10.6. The molecule has 13 heteroatoms. The molecule has 0 saturated carbocycles. The summed E-state index contributed by atoms with van der Waals surface area (Å²) in [5, 5.41) is 5.24. The number of nitroso groups, excluding NO2 is 1. The molecule has 1 aliphatic rings. The normalized spacial score (nSPS) is 14.3. The minimum absolute atomic E-state index is 0.0523. The summed E-state index contributed by atoms with van der Waals surface area (Å²) in [5.41, 5.74) is 4.95. The quantitative estimate of drug-likeness (QED) is 0.188. The number of amides is 2. The molecule has 0 aromatic carbocycles. The first kappa shape index (κ1) is 26.9. The van der Waals surface area contributed by atoms with Crippen LogP contribution in [0.4, 0.5) is 5.82 Å². The van der Waals surface area contributed by atoms with Crippen molar-refractivity contribution in [2.24, 2.45) is 21.2 Å². The van der Waals surface area contributed by atoms with E-state index in [-0.39, 0.29) is 29.2 Å². The van der Waals surface area contributed by atoms with E-state index in [0.717, 1.165) is 24.5 Å². The first-order valence-corrected chi connectivity index (χ1v) is 11.6. The fourth-order valence-corrected chi connectivity index (χ4v) is 3.88. The van der Waals surface area contributed by atoms with Crippen molar-refractivity contribution in [2.75, 3.05) is 31.1 Å². The number of anilines is 1. The molecule has 34 heavy (non-hydrogen) atoms. The fraction of sp³-hybridized carbons (Fsp3) is 0.476. The molecule has 0 radical (unpaired) electrons. The predicted octanol–water partition coefficient (Wildman–Crippen LogP) is 1.22. The molecule has 4 N–H and O–H groups in total. The van der Waals surface area contributed by atoms with E-state index in [9.17, 15) is 19.3 Å². The van der Waals surface area contributed by atoms with E-state index >= 15 is 0 Å². The molecule has 1 fully saturated rings. The summed E-state index contributed by atoms with van der Waals surface area (Å²) < 4.78 is 9.26. The van der Waals surface area contributed by atoms with Crippen LogP contribution < -0.4 is 21.4 Å². The number of carbonyl (C=O) groups excluding carboxylic acids is 2. The van der Waals surface area contributed by atoms with Crippen molar-refractivity contribution in [3.8, 4) is 0 Å². The van der Waals surface area contributed by atoms with Gasteiger partial charge >= 0.3 is 5.91 Å². The van der Waals surface area contributed by atoms with Gasteiger partial charge in [0, 0.05) is 48.9 Å². The number of nitrogens with zero attached hydrogens (tertiary/aromatic N) is 4. The third-order valence-corrected chi connectivity index (χ3v) is 5.79. The predicted molar refractivity (Wildman–Crippen MR) is 131 cm³/mol. The van der Waals surface area contributed by atoms with Gasteiger partial charge in [-0.05, 0) is 44.3 Å². The monoisotopic (exact) mass is 491 g/mol. The molecule has 2 heterocycles. The second-order valence-electron chi connectivity index (χ2n) is 7.52. The lowest BCUT2D eigenvalue weighted by Crippen LogP contribution is -2.54. The van der Waals surface area contributed by atoms with Crippen LogP contribution >= 0.6 is 11.9 Å². The standard InChI is InChI=1S/C21H29N7O5S/c1-4-33-14(3)6-24-20(30)15-8-28(9-15)18-5-13(2)17(10-34-26-11-22)19(29)16(21(31)27-32)7-23-12-25-18/h5,7,11-12,14-15H,4,6,8-10H2,1-3H3,(H2,22,26)(H,23,25)(H,24,30). The zero-order valence-electron chi connectivity index (χ0n) is 19.3. The maximum atomic E-state index is 13.0. The van der Waals surface area contributed by atoms with Crippen molar-refractivity contribution in [3.05, 3.63) is 50.4 Å². The van der Waals surface area contributed by atoms with Gasteiger partial charge in [0.1, 0.15) is 11.4 Å². The van der Waals surface area contributed by atoms with Gasteiger partial charge in [-0.15, -0.1) is 4.91 Å². The summed E-state index contributed by atoms with van der Waals surface area (Å²) in [6.45, 7) is 7.47. The van der Waals surface area contributed by atoms with E-state index in [1.54, 1.807) is 13.0 Å². The van der Waals surface area contributed by atoms with E-state index in [2.05, 4.69) is 24.9 Å². The Balaban J connectivity index is 2.31. The van der Waals surface area contributed by atoms with Gasteiger partial charge in [0.15, 0.2) is 5.43 Å². The first-order valence-electron chi connectivity index (χ1n) is 10.6. The van der Waals surface area contributed by atoms with Crippen molar-refractivity contribution in [3.63, 3.8) is 0 Å². The zero-order valence-corrected chi connectivity index (χ0v) is 20.1. The van der Waals surface area contributed by atoms with Gasteiger partial charge < -0.3 is 25.7 Å². The molecule has 0 bridgehead atoms. The number of rotatable bonds is 10. The minimum Gasteiger partial charge on any atom is -0.389 e. The van der Waals surface area contributed by atoms with Crippen molar-refractivity contribution in [1.82, 2.24) is 15.3 Å². The maximum Gasteiger partial charge on any atom is 0.322 e. The molecule has 2 rings (SSSR count). The molecular formula is C21H29N7O5S. The molecule has 1 saturated heterocycles. The molecule has 1 unspecified atom stereocenters. The average Bonchev–Trinajstić information content (AvgIpc) is 2.78. The Bertz CT molecular complexity index is 1040. The number of aromatic amines is 1. The SMILES string of the molecule is CCOC(C)CNC(=O)C1CN(c2cc(C)c(CSN=CN)c(=O)c(C(=O)N=O)cnc[nH]2)C1. The Morgan fingerprint density at radius 3 is 2.85 bits per heavy atom. The van der Waals surface area contributed by atoms with Crippen LogP contribution in [0, 0.1) is 17.7 Å². The van der Waals surface area contributed by atoms with Crippen LogP contribution in [0.15, 0.2) is 33.0 Å². The van der Waals surface area contributed by atoms with Crippen LogP contribution in [0.2, 0.25) is 0 Å². The number of H-pyrrole nitrogens is 1. The number of hydrogen-bond donors (Lipinski definition) is 3. The molecule has 2 amide bonds. The fourth-order valence-electron chi connectivity index (χ4n) is 3.23. The highest BCUT2D eigenvalue weighted by Gasteiger charge is 2.33.